The Morgan fingerprint density at radius 1 is 1.15 bits per heavy atom. The molecule has 0 saturated carbocycles. The highest BCUT2D eigenvalue weighted by Crippen LogP contribution is 2.16. The Morgan fingerprint density at radius 2 is 1.85 bits per heavy atom. The first kappa shape index (κ1) is 23.5. The van der Waals surface area contributed by atoms with E-state index in [2.05, 4.69) is 62.2 Å². The summed E-state index contributed by atoms with van der Waals surface area (Å²) in [4.78, 5) is 7.34. The molecule has 0 aromatic carbocycles. The lowest BCUT2D eigenvalue weighted by molar-refractivity contribution is 0.292. The standard InChI is InChI=1S/C21H42N6/c1-8-19-18(20(9-2)26(7)25-19)16-23-21(22-10-3)24-17(6)14-13-15-27(11-4)12-5/h17H,8-16H2,1-7H3,(H2,22,23,24). The SMILES string of the molecule is CCNC(=NCc1c(CC)nn(C)c1CC)NC(C)CCCN(CC)CC. The molecule has 0 aliphatic heterocycles. The van der Waals surface area contributed by atoms with Gasteiger partial charge in [0.1, 0.15) is 0 Å². The van der Waals surface area contributed by atoms with E-state index in [1.165, 1.54) is 29.9 Å². The van der Waals surface area contributed by atoms with Crippen LogP contribution in [0, 0.1) is 0 Å². The van der Waals surface area contributed by atoms with E-state index >= 15 is 0 Å². The van der Waals surface area contributed by atoms with Crippen LogP contribution in [0.4, 0.5) is 0 Å². The maximum absolute atomic E-state index is 4.86. The zero-order valence-corrected chi connectivity index (χ0v) is 18.7. The Bertz CT molecular complexity index is 559. The van der Waals surface area contributed by atoms with E-state index in [0.29, 0.717) is 12.6 Å². The molecular formula is C21H42N6. The number of rotatable bonds is 12. The smallest absolute Gasteiger partial charge is 0.191 e. The maximum atomic E-state index is 4.86. The zero-order chi connectivity index (χ0) is 20.2. The first-order valence-corrected chi connectivity index (χ1v) is 10.8. The molecule has 0 saturated heterocycles. The highest BCUT2D eigenvalue weighted by atomic mass is 15.3. The molecule has 0 aliphatic rings. The number of guanidine groups is 1. The van der Waals surface area contributed by atoms with Crippen LogP contribution in [-0.4, -0.2) is 52.9 Å². The number of hydrogen-bond acceptors (Lipinski definition) is 3. The highest BCUT2D eigenvalue weighted by molar-refractivity contribution is 5.80. The molecule has 1 atom stereocenters. The number of aryl methyl sites for hydroxylation is 2. The predicted octanol–water partition coefficient (Wildman–Crippen LogP) is 3.11. The van der Waals surface area contributed by atoms with E-state index in [1.807, 2.05) is 11.7 Å². The second-order valence-corrected chi connectivity index (χ2v) is 7.11. The van der Waals surface area contributed by atoms with Crippen molar-refractivity contribution in [3.63, 3.8) is 0 Å². The minimum atomic E-state index is 0.406. The maximum Gasteiger partial charge on any atom is 0.191 e. The molecule has 6 heteroatoms. The predicted molar refractivity (Wildman–Crippen MR) is 116 cm³/mol. The van der Waals surface area contributed by atoms with Crippen molar-refractivity contribution in [2.45, 2.75) is 79.8 Å². The fourth-order valence-electron chi connectivity index (χ4n) is 3.52. The van der Waals surface area contributed by atoms with Crippen molar-refractivity contribution in [3.8, 4) is 0 Å². The van der Waals surface area contributed by atoms with Crippen LogP contribution >= 0.6 is 0 Å². The van der Waals surface area contributed by atoms with Gasteiger partial charge in [-0.15, -0.1) is 0 Å². The number of nitrogens with one attached hydrogen (secondary N) is 2. The molecule has 0 amide bonds. The molecule has 1 rings (SSSR count). The van der Waals surface area contributed by atoms with Gasteiger partial charge in [0.15, 0.2) is 5.96 Å². The molecule has 6 nitrogen and oxygen atoms in total. The van der Waals surface area contributed by atoms with Crippen LogP contribution in [-0.2, 0) is 26.4 Å². The van der Waals surface area contributed by atoms with Gasteiger partial charge >= 0.3 is 0 Å². The Hall–Kier alpha value is -1.56. The van der Waals surface area contributed by atoms with E-state index in [4.69, 9.17) is 4.99 Å². The van der Waals surface area contributed by atoms with Crippen LogP contribution < -0.4 is 10.6 Å². The minimum Gasteiger partial charge on any atom is -0.357 e. The van der Waals surface area contributed by atoms with E-state index in [-0.39, 0.29) is 0 Å². The van der Waals surface area contributed by atoms with Crippen molar-refractivity contribution in [1.29, 1.82) is 0 Å². The third-order valence-electron chi connectivity index (χ3n) is 5.16. The molecule has 27 heavy (non-hydrogen) atoms. The number of nitrogens with zero attached hydrogens (tertiary/aromatic N) is 4. The van der Waals surface area contributed by atoms with Gasteiger partial charge in [0.05, 0.1) is 12.2 Å². The van der Waals surface area contributed by atoms with Crippen LogP contribution in [0.15, 0.2) is 4.99 Å². The third-order valence-corrected chi connectivity index (χ3v) is 5.16. The van der Waals surface area contributed by atoms with E-state index in [1.54, 1.807) is 0 Å². The van der Waals surface area contributed by atoms with Crippen LogP contribution in [0.5, 0.6) is 0 Å². The quantitative estimate of drug-likeness (QED) is 0.433. The number of aromatic nitrogens is 2. The summed E-state index contributed by atoms with van der Waals surface area (Å²) >= 11 is 0. The van der Waals surface area contributed by atoms with Crippen LogP contribution in [0.25, 0.3) is 0 Å². The average Bonchev–Trinajstić information content (AvgIpc) is 2.98. The summed E-state index contributed by atoms with van der Waals surface area (Å²) in [6, 6.07) is 0.406. The monoisotopic (exact) mass is 378 g/mol. The fourth-order valence-corrected chi connectivity index (χ4v) is 3.52. The Kier molecular flexibility index (Phi) is 11.1. The van der Waals surface area contributed by atoms with Crippen molar-refractivity contribution in [2.75, 3.05) is 26.2 Å². The molecule has 0 radical (unpaired) electrons. The summed E-state index contributed by atoms with van der Waals surface area (Å²) in [5.41, 5.74) is 3.74. The van der Waals surface area contributed by atoms with Gasteiger partial charge < -0.3 is 15.5 Å². The molecule has 0 bridgehead atoms. The second kappa shape index (κ2) is 12.8. The molecule has 0 fully saturated rings. The summed E-state index contributed by atoms with van der Waals surface area (Å²) in [6.07, 6.45) is 4.29. The second-order valence-electron chi connectivity index (χ2n) is 7.11. The van der Waals surface area contributed by atoms with Gasteiger partial charge in [-0.3, -0.25) is 4.68 Å². The lowest BCUT2D eigenvalue weighted by atomic mass is 10.1. The van der Waals surface area contributed by atoms with E-state index in [9.17, 15) is 0 Å². The first-order chi connectivity index (χ1) is 13.0. The van der Waals surface area contributed by atoms with E-state index in [0.717, 1.165) is 44.9 Å². The zero-order valence-electron chi connectivity index (χ0n) is 18.7. The summed E-state index contributed by atoms with van der Waals surface area (Å²) in [7, 11) is 2.03. The van der Waals surface area contributed by atoms with Gasteiger partial charge in [-0.2, -0.15) is 5.10 Å². The molecule has 1 heterocycles. The number of hydrogen-bond donors (Lipinski definition) is 2. The van der Waals surface area contributed by atoms with Gasteiger partial charge in [-0.1, -0.05) is 27.7 Å². The average molecular weight is 379 g/mol. The largest absolute Gasteiger partial charge is 0.357 e. The number of aliphatic imine (C=N–C) groups is 1. The van der Waals surface area contributed by atoms with Gasteiger partial charge in [0.2, 0.25) is 0 Å². The molecule has 2 N–H and O–H groups in total. The van der Waals surface area contributed by atoms with Gasteiger partial charge in [0, 0.05) is 30.9 Å². The highest BCUT2D eigenvalue weighted by Gasteiger charge is 2.14. The topological polar surface area (TPSA) is 57.5 Å². The van der Waals surface area contributed by atoms with Crippen molar-refractivity contribution < 1.29 is 0 Å². The summed E-state index contributed by atoms with van der Waals surface area (Å²) in [5.74, 6) is 0.904. The molecule has 1 aromatic rings. The Labute approximate surface area is 166 Å². The van der Waals surface area contributed by atoms with Gasteiger partial charge in [-0.05, 0) is 59.2 Å². The first-order valence-electron chi connectivity index (χ1n) is 10.8. The molecule has 1 aromatic heterocycles. The Balaban J connectivity index is 2.70. The van der Waals surface area contributed by atoms with E-state index < -0.39 is 0 Å². The summed E-state index contributed by atoms with van der Waals surface area (Å²) in [6.45, 7) is 18.1. The van der Waals surface area contributed by atoms with Crippen molar-refractivity contribution >= 4 is 5.96 Å². The lowest BCUT2D eigenvalue weighted by Crippen LogP contribution is -2.42. The van der Waals surface area contributed by atoms with Gasteiger partial charge in [-0.25, -0.2) is 4.99 Å². The van der Waals surface area contributed by atoms with Crippen LogP contribution in [0.1, 0.15) is 71.3 Å². The van der Waals surface area contributed by atoms with Crippen LogP contribution in [0.2, 0.25) is 0 Å². The van der Waals surface area contributed by atoms with Crippen LogP contribution in [0.3, 0.4) is 0 Å². The third kappa shape index (κ3) is 7.53. The molecular weight excluding hydrogens is 336 g/mol. The molecule has 156 valence electrons. The normalized spacial score (nSPS) is 13.3. The molecule has 0 aliphatic carbocycles. The lowest BCUT2D eigenvalue weighted by Gasteiger charge is -2.21. The minimum absolute atomic E-state index is 0.406. The summed E-state index contributed by atoms with van der Waals surface area (Å²) < 4.78 is 2.01. The van der Waals surface area contributed by atoms with Crippen molar-refractivity contribution in [3.05, 3.63) is 17.0 Å². The van der Waals surface area contributed by atoms with Crippen molar-refractivity contribution in [2.24, 2.45) is 12.0 Å². The van der Waals surface area contributed by atoms with Gasteiger partial charge in [0.25, 0.3) is 0 Å². The molecule has 1 unspecified atom stereocenters. The Morgan fingerprint density at radius 3 is 2.41 bits per heavy atom. The summed E-state index contributed by atoms with van der Waals surface area (Å²) in [5, 5.41) is 11.6. The fraction of sp³-hybridized carbons (Fsp3) is 0.810. The molecule has 0 spiro atoms. The van der Waals surface area contributed by atoms with Crippen molar-refractivity contribution in [1.82, 2.24) is 25.3 Å².